The van der Waals surface area contributed by atoms with E-state index in [1.165, 1.54) is 0 Å². The number of fused-ring (bicyclic) bond motifs is 2. The largest absolute Gasteiger partial charge is 0.488 e. The third-order valence-electron chi connectivity index (χ3n) is 13.7. The van der Waals surface area contributed by atoms with Crippen LogP contribution < -0.4 is 19.9 Å². The second-order valence-corrected chi connectivity index (χ2v) is 18.1. The molecule has 5 fully saturated rings. The first kappa shape index (κ1) is 38.8. The SMILES string of the molecule is CC1(Oc2ccc3[nH]nc(-c4ccnc(N5CCN(CC6(F)CCN(CC7CCN(c8ccc9c(c8)C(=O)N(C8CCC(=O)NC8=O)C9=O)CC7)CC6)CC5)c4)c3c2)CC1. The summed E-state index contributed by atoms with van der Waals surface area (Å²) in [7, 11) is 0. The van der Waals surface area contributed by atoms with E-state index in [0.717, 1.165) is 129 Å². The van der Waals surface area contributed by atoms with Gasteiger partial charge in [0.05, 0.1) is 16.6 Å². The summed E-state index contributed by atoms with van der Waals surface area (Å²) >= 11 is 0. The number of carbonyl (C=O) groups is 4. The van der Waals surface area contributed by atoms with Crippen LogP contribution in [-0.2, 0) is 9.59 Å². The van der Waals surface area contributed by atoms with Crippen LogP contribution in [0.4, 0.5) is 15.9 Å². The average molecular weight is 818 g/mol. The Hall–Kier alpha value is -5.41. The van der Waals surface area contributed by atoms with Crippen LogP contribution in [0.3, 0.4) is 0 Å². The Morgan fingerprint density at radius 1 is 0.800 bits per heavy atom. The van der Waals surface area contributed by atoms with Crippen LogP contribution >= 0.6 is 0 Å². The number of aromatic amines is 1. The molecule has 0 bridgehead atoms. The number of anilines is 2. The van der Waals surface area contributed by atoms with E-state index in [1.54, 1.807) is 12.1 Å². The minimum absolute atomic E-state index is 0.0533. The van der Waals surface area contributed by atoms with Crippen molar-refractivity contribution in [3.63, 3.8) is 0 Å². The number of H-pyrrole nitrogens is 1. The predicted octanol–water partition coefficient (Wildman–Crippen LogP) is 4.80. The monoisotopic (exact) mass is 817 g/mol. The second-order valence-electron chi connectivity index (χ2n) is 18.1. The predicted molar refractivity (Wildman–Crippen MR) is 224 cm³/mol. The first-order valence-electron chi connectivity index (χ1n) is 21.6. The smallest absolute Gasteiger partial charge is 0.262 e. The van der Waals surface area contributed by atoms with E-state index in [-0.39, 0.29) is 18.4 Å². The van der Waals surface area contributed by atoms with E-state index in [4.69, 9.17) is 9.72 Å². The normalized spacial score (nSPS) is 23.6. The number of piperidine rings is 3. The fraction of sp³-hybridized carbons (Fsp3) is 0.511. The number of ether oxygens (including phenoxy) is 1. The number of likely N-dealkylation sites (tertiary alicyclic amines) is 1. The number of piperazine rings is 1. The van der Waals surface area contributed by atoms with Gasteiger partial charge < -0.3 is 19.4 Å². The number of imide groups is 2. The van der Waals surface area contributed by atoms with Crippen LogP contribution in [-0.4, -0.2) is 136 Å². The molecule has 7 heterocycles. The molecular formula is C45H52FN9O5. The van der Waals surface area contributed by atoms with Crippen LogP contribution in [0.2, 0.25) is 0 Å². The van der Waals surface area contributed by atoms with Gasteiger partial charge >= 0.3 is 0 Å². The van der Waals surface area contributed by atoms with Gasteiger partial charge in [-0.15, -0.1) is 0 Å². The number of pyridine rings is 1. The molecule has 10 rings (SSSR count). The first-order valence-corrected chi connectivity index (χ1v) is 21.6. The molecule has 4 aromatic rings. The van der Waals surface area contributed by atoms with Crippen molar-refractivity contribution in [1.29, 1.82) is 0 Å². The maximum absolute atomic E-state index is 16.3. The first-order chi connectivity index (χ1) is 29.0. The van der Waals surface area contributed by atoms with Crippen LogP contribution in [0.25, 0.3) is 22.2 Å². The molecule has 2 N–H and O–H groups in total. The van der Waals surface area contributed by atoms with Crippen LogP contribution in [0.5, 0.6) is 5.75 Å². The fourth-order valence-corrected chi connectivity index (χ4v) is 9.80. The van der Waals surface area contributed by atoms with Crippen LogP contribution in [0.15, 0.2) is 54.7 Å². The molecular weight excluding hydrogens is 766 g/mol. The molecule has 15 heteroatoms. The highest BCUT2D eigenvalue weighted by atomic mass is 19.1. The van der Waals surface area contributed by atoms with Crippen molar-refractivity contribution in [1.82, 2.24) is 35.2 Å². The average Bonchev–Trinajstić information content (AvgIpc) is 3.73. The van der Waals surface area contributed by atoms with E-state index in [0.29, 0.717) is 36.4 Å². The summed E-state index contributed by atoms with van der Waals surface area (Å²) in [5.74, 6) is 0.299. The number of amides is 4. The molecule has 4 saturated heterocycles. The molecule has 1 unspecified atom stereocenters. The highest BCUT2D eigenvalue weighted by Gasteiger charge is 2.45. The highest BCUT2D eigenvalue weighted by Crippen LogP contribution is 2.41. The van der Waals surface area contributed by atoms with Crippen molar-refractivity contribution >= 4 is 46.0 Å². The molecule has 0 radical (unpaired) electrons. The molecule has 1 saturated carbocycles. The zero-order valence-electron chi connectivity index (χ0n) is 34.1. The summed E-state index contributed by atoms with van der Waals surface area (Å²) in [6.07, 6.45) is 7.28. The van der Waals surface area contributed by atoms with Gasteiger partial charge in [-0.25, -0.2) is 9.37 Å². The minimum atomic E-state index is -1.19. The molecule has 314 valence electrons. The summed E-state index contributed by atoms with van der Waals surface area (Å²) in [5, 5.41) is 11.1. The summed E-state index contributed by atoms with van der Waals surface area (Å²) in [4.78, 5) is 65.6. The highest BCUT2D eigenvalue weighted by molar-refractivity contribution is 6.23. The molecule has 2 aromatic heterocycles. The van der Waals surface area contributed by atoms with Crippen molar-refractivity contribution in [2.75, 3.05) is 75.2 Å². The Bertz CT molecular complexity index is 2340. The lowest BCUT2D eigenvalue weighted by Crippen LogP contribution is -2.54. The standard InChI is InChI=1S/C45H52FN9O5/c1-44(11-12-44)60-32-3-5-36-35(26-32)40(50-49-36)30-8-15-47-38(24-30)54-22-20-52(21-23-54)28-45(46)13-18-51(19-14-45)27-29-9-16-53(17-10-29)31-2-4-33-34(25-31)43(59)55(42(33)58)37-6-7-39(56)48-41(37)57/h2-5,8,15,24-26,29,37H,6-7,9-14,16-23,27-28H2,1H3,(H,49,50)(H,48,56,57). The number of benzene rings is 2. The Morgan fingerprint density at radius 2 is 1.57 bits per heavy atom. The van der Waals surface area contributed by atoms with Crippen molar-refractivity contribution in [2.24, 2.45) is 5.92 Å². The third kappa shape index (κ3) is 7.61. The van der Waals surface area contributed by atoms with Gasteiger partial charge in [0.15, 0.2) is 0 Å². The molecule has 0 spiro atoms. The molecule has 14 nitrogen and oxygen atoms in total. The fourth-order valence-electron chi connectivity index (χ4n) is 9.80. The number of hydrogen-bond acceptors (Lipinski definition) is 11. The molecule has 2 aromatic carbocycles. The van der Waals surface area contributed by atoms with Crippen molar-refractivity contribution in [3.05, 3.63) is 65.9 Å². The maximum Gasteiger partial charge on any atom is 0.262 e. The molecule has 5 aliphatic heterocycles. The summed E-state index contributed by atoms with van der Waals surface area (Å²) < 4.78 is 22.6. The van der Waals surface area contributed by atoms with E-state index in [1.807, 2.05) is 30.5 Å². The van der Waals surface area contributed by atoms with E-state index >= 15 is 4.39 Å². The molecule has 6 aliphatic rings. The van der Waals surface area contributed by atoms with Crippen LogP contribution in [0, 0.1) is 5.92 Å². The summed E-state index contributed by atoms with van der Waals surface area (Å²) in [5.41, 5.74) is 3.08. The lowest BCUT2D eigenvalue weighted by molar-refractivity contribution is -0.136. The van der Waals surface area contributed by atoms with Gasteiger partial charge in [-0.2, -0.15) is 5.10 Å². The number of nitrogens with zero attached hydrogens (tertiary/aromatic N) is 7. The number of hydrogen-bond donors (Lipinski definition) is 2. The number of nitrogens with one attached hydrogen (secondary N) is 2. The third-order valence-corrected chi connectivity index (χ3v) is 13.7. The minimum Gasteiger partial charge on any atom is -0.488 e. The Balaban J connectivity index is 0.679. The van der Waals surface area contributed by atoms with Gasteiger partial charge in [-0.3, -0.25) is 39.4 Å². The zero-order chi connectivity index (χ0) is 41.2. The lowest BCUT2D eigenvalue weighted by atomic mass is 9.90. The van der Waals surface area contributed by atoms with Gasteiger partial charge in [0.2, 0.25) is 11.8 Å². The number of carbonyl (C=O) groups excluding carboxylic acids is 4. The van der Waals surface area contributed by atoms with Gasteiger partial charge in [0.25, 0.3) is 11.8 Å². The molecule has 1 atom stereocenters. The van der Waals surface area contributed by atoms with Gasteiger partial charge in [0, 0.05) is 94.7 Å². The summed E-state index contributed by atoms with van der Waals surface area (Å²) in [6, 6.07) is 14.6. The van der Waals surface area contributed by atoms with Gasteiger partial charge in [0.1, 0.15) is 34.6 Å². The van der Waals surface area contributed by atoms with Crippen molar-refractivity contribution in [3.8, 4) is 17.0 Å². The topological polar surface area (TPSA) is 147 Å². The quantitative estimate of drug-likeness (QED) is 0.213. The number of alkyl halides is 1. The lowest BCUT2D eigenvalue weighted by Gasteiger charge is -2.43. The Labute approximate surface area is 348 Å². The van der Waals surface area contributed by atoms with E-state index in [9.17, 15) is 19.2 Å². The van der Waals surface area contributed by atoms with Crippen molar-refractivity contribution < 1.29 is 28.3 Å². The maximum atomic E-state index is 16.3. The molecule has 4 amide bonds. The Morgan fingerprint density at radius 3 is 2.32 bits per heavy atom. The van der Waals surface area contributed by atoms with Gasteiger partial charge in [-0.05, 0) is 106 Å². The summed E-state index contributed by atoms with van der Waals surface area (Å²) in [6.45, 7) is 9.88. The second kappa shape index (κ2) is 15.2. The molecule has 1 aliphatic carbocycles. The molecule has 60 heavy (non-hydrogen) atoms. The van der Waals surface area contributed by atoms with Crippen LogP contribution in [0.1, 0.15) is 79.0 Å². The van der Waals surface area contributed by atoms with Gasteiger partial charge in [-0.1, -0.05) is 0 Å². The van der Waals surface area contributed by atoms with Crippen molar-refractivity contribution in [2.45, 2.75) is 75.6 Å². The Kier molecular flexibility index (Phi) is 9.85. The van der Waals surface area contributed by atoms with E-state index in [2.05, 4.69) is 54.2 Å². The number of rotatable bonds is 10. The zero-order valence-corrected chi connectivity index (χ0v) is 34.1. The number of halogens is 1. The van der Waals surface area contributed by atoms with E-state index < -0.39 is 35.3 Å². The number of aromatic nitrogens is 3.